The van der Waals surface area contributed by atoms with E-state index in [4.69, 9.17) is 11.6 Å². The second-order valence-electron chi connectivity index (χ2n) is 9.87. The molecule has 0 atom stereocenters. The van der Waals surface area contributed by atoms with Gasteiger partial charge in [-0.15, -0.1) is 10.2 Å². The predicted octanol–water partition coefficient (Wildman–Crippen LogP) is 8.09. The minimum absolute atomic E-state index is 0.206. The highest BCUT2D eigenvalue weighted by molar-refractivity contribution is 7.98. The van der Waals surface area contributed by atoms with E-state index in [1.165, 1.54) is 5.56 Å². The number of rotatable bonds is 9. The lowest BCUT2D eigenvalue weighted by Crippen LogP contribution is -2.30. The Morgan fingerprint density at radius 2 is 1.63 bits per heavy atom. The Hall–Kier alpha value is -3.29. The highest BCUT2D eigenvalue weighted by atomic mass is 35.5. The third kappa shape index (κ3) is 6.58. The number of nitrogens with one attached hydrogen (secondary N) is 2. The van der Waals surface area contributed by atoms with Crippen LogP contribution >= 0.6 is 23.4 Å². The molecule has 0 saturated carbocycles. The number of hydrogen-bond acceptors (Lipinski definition) is 4. The summed E-state index contributed by atoms with van der Waals surface area (Å²) in [6.45, 7) is 10.8. The predicted molar refractivity (Wildman–Crippen MR) is 158 cm³/mol. The van der Waals surface area contributed by atoms with E-state index >= 15 is 0 Å². The van der Waals surface area contributed by atoms with Crippen LogP contribution < -0.4 is 10.6 Å². The number of halogens is 1. The first-order chi connectivity index (χ1) is 18.2. The number of hydrogen-bond donors (Lipinski definition) is 2. The Bertz CT molecular complexity index is 1380. The molecule has 0 aliphatic heterocycles. The molecule has 4 aromatic rings. The maximum absolute atomic E-state index is 13.1. The van der Waals surface area contributed by atoms with Gasteiger partial charge in [0, 0.05) is 16.5 Å². The second-order valence-corrected chi connectivity index (χ2v) is 11.2. The molecule has 0 bridgehead atoms. The van der Waals surface area contributed by atoms with Gasteiger partial charge in [0.25, 0.3) is 0 Å². The Morgan fingerprint density at radius 3 is 2.29 bits per heavy atom. The van der Waals surface area contributed by atoms with E-state index in [1.54, 1.807) is 11.8 Å². The maximum Gasteiger partial charge on any atom is 0.319 e. The summed E-state index contributed by atoms with van der Waals surface area (Å²) in [6.07, 6.45) is 0. The van der Waals surface area contributed by atoms with Crippen molar-refractivity contribution in [2.24, 2.45) is 0 Å². The Balaban J connectivity index is 1.59. The molecular formula is C30H34ClN5OS. The molecule has 0 aliphatic carbocycles. The molecule has 0 aliphatic rings. The number of thioether (sulfide) groups is 1. The lowest BCUT2D eigenvalue weighted by molar-refractivity contribution is 0.251. The molecule has 0 fully saturated rings. The Labute approximate surface area is 234 Å². The van der Waals surface area contributed by atoms with Gasteiger partial charge in [-0.25, -0.2) is 4.79 Å². The summed E-state index contributed by atoms with van der Waals surface area (Å²) < 4.78 is 1.98. The quantitative estimate of drug-likeness (QED) is 0.208. The maximum atomic E-state index is 13.1. The molecule has 6 nitrogen and oxygen atoms in total. The minimum Gasteiger partial charge on any atom is -0.331 e. The SMILES string of the molecule is Cc1ccc(Cl)cc1-n1c(CNC(=O)Nc2c(C(C)C)cccc2C(C)C)nnc1SCc1ccccc1. The number of nitrogens with zero attached hydrogens (tertiary/aromatic N) is 3. The highest BCUT2D eigenvalue weighted by Crippen LogP contribution is 2.32. The smallest absolute Gasteiger partial charge is 0.319 e. The topological polar surface area (TPSA) is 71.8 Å². The number of para-hydroxylation sites is 1. The summed E-state index contributed by atoms with van der Waals surface area (Å²) in [5.41, 5.74) is 6.23. The number of carbonyl (C=O) groups excluding carboxylic acids is 1. The summed E-state index contributed by atoms with van der Waals surface area (Å²) >= 11 is 7.96. The van der Waals surface area contributed by atoms with Crippen LogP contribution in [0.15, 0.2) is 71.9 Å². The molecule has 0 spiro atoms. The molecule has 3 aromatic carbocycles. The van der Waals surface area contributed by atoms with Crippen molar-refractivity contribution in [3.63, 3.8) is 0 Å². The first-order valence-corrected chi connectivity index (χ1v) is 14.2. The number of anilines is 1. The van der Waals surface area contributed by atoms with Crippen molar-refractivity contribution in [2.45, 2.75) is 63.9 Å². The molecule has 8 heteroatoms. The highest BCUT2D eigenvalue weighted by Gasteiger charge is 2.19. The average Bonchev–Trinajstić information content (AvgIpc) is 3.30. The minimum atomic E-state index is -0.282. The monoisotopic (exact) mass is 547 g/mol. The Morgan fingerprint density at radius 1 is 0.947 bits per heavy atom. The van der Waals surface area contributed by atoms with Gasteiger partial charge in [0.05, 0.1) is 12.2 Å². The van der Waals surface area contributed by atoms with Crippen LogP contribution in [0, 0.1) is 6.92 Å². The third-order valence-corrected chi connectivity index (χ3v) is 7.58. The summed E-state index contributed by atoms with van der Waals surface area (Å²) in [5, 5.41) is 16.4. The van der Waals surface area contributed by atoms with Crippen molar-refractivity contribution in [3.05, 3.63) is 99.8 Å². The summed E-state index contributed by atoms with van der Waals surface area (Å²) in [4.78, 5) is 13.1. The van der Waals surface area contributed by atoms with Gasteiger partial charge in [0.2, 0.25) is 0 Å². The van der Waals surface area contributed by atoms with Gasteiger partial charge in [0.15, 0.2) is 11.0 Å². The second kappa shape index (κ2) is 12.5. The molecule has 1 heterocycles. The lowest BCUT2D eigenvalue weighted by atomic mass is 9.93. The van der Waals surface area contributed by atoms with E-state index in [0.29, 0.717) is 10.8 Å². The van der Waals surface area contributed by atoms with Crippen LogP contribution in [0.4, 0.5) is 10.5 Å². The average molecular weight is 548 g/mol. The summed E-state index contributed by atoms with van der Waals surface area (Å²) in [6, 6.07) is 21.9. The lowest BCUT2D eigenvalue weighted by Gasteiger charge is -2.20. The first kappa shape index (κ1) is 27.7. The molecule has 38 heavy (non-hydrogen) atoms. The zero-order valence-corrected chi connectivity index (χ0v) is 24.0. The van der Waals surface area contributed by atoms with Crippen LogP contribution in [0.25, 0.3) is 5.69 Å². The van der Waals surface area contributed by atoms with Crippen molar-refractivity contribution in [3.8, 4) is 5.69 Å². The van der Waals surface area contributed by atoms with Gasteiger partial charge in [0.1, 0.15) is 0 Å². The van der Waals surface area contributed by atoms with E-state index in [0.717, 1.165) is 39.0 Å². The number of benzene rings is 3. The van der Waals surface area contributed by atoms with Crippen LogP contribution in [0.1, 0.15) is 67.6 Å². The van der Waals surface area contributed by atoms with Gasteiger partial charge in [-0.2, -0.15) is 0 Å². The molecule has 0 unspecified atom stereocenters. The normalized spacial score (nSPS) is 11.3. The van der Waals surface area contributed by atoms with Crippen LogP contribution in [0.5, 0.6) is 0 Å². The number of urea groups is 1. The first-order valence-electron chi connectivity index (χ1n) is 12.8. The van der Waals surface area contributed by atoms with Crippen molar-refractivity contribution >= 4 is 35.1 Å². The van der Waals surface area contributed by atoms with Gasteiger partial charge in [-0.1, -0.05) is 106 Å². The fraction of sp³-hybridized carbons (Fsp3) is 0.300. The standard InChI is InChI=1S/C30H34ClN5OS/c1-19(2)24-12-9-13-25(20(3)4)28(24)33-29(37)32-17-27-34-35-30(38-18-22-10-7-6-8-11-22)36(27)26-16-23(31)15-14-21(26)5/h6-16,19-20H,17-18H2,1-5H3,(H2,32,33,37). The van der Waals surface area contributed by atoms with Crippen molar-refractivity contribution in [1.82, 2.24) is 20.1 Å². The van der Waals surface area contributed by atoms with Gasteiger partial charge in [-0.05, 0) is 53.1 Å². The summed E-state index contributed by atoms with van der Waals surface area (Å²) in [5.74, 6) is 1.93. The van der Waals surface area contributed by atoms with E-state index < -0.39 is 0 Å². The van der Waals surface area contributed by atoms with Crippen molar-refractivity contribution in [1.29, 1.82) is 0 Å². The van der Waals surface area contributed by atoms with Gasteiger partial charge >= 0.3 is 6.03 Å². The molecule has 198 valence electrons. The number of carbonyl (C=O) groups is 1. The molecular weight excluding hydrogens is 514 g/mol. The van der Waals surface area contributed by atoms with Crippen LogP contribution in [-0.4, -0.2) is 20.8 Å². The third-order valence-electron chi connectivity index (χ3n) is 6.34. The van der Waals surface area contributed by atoms with Crippen molar-refractivity contribution in [2.75, 3.05) is 5.32 Å². The summed E-state index contributed by atoms with van der Waals surface area (Å²) in [7, 11) is 0. The van der Waals surface area contributed by atoms with E-state index in [1.807, 2.05) is 47.9 Å². The fourth-order valence-electron chi connectivity index (χ4n) is 4.31. The van der Waals surface area contributed by atoms with Crippen molar-refractivity contribution < 1.29 is 4.79 Å². The van der Waals surface area contributed by atoms with Gasteiger partial charge in [-0.3, -0.25) is 4.57 Å². The zero-order chi connectivity index (χ0) is 27.2. The van der Waals surface area contributed by atoms with Crippen LogP contribution in [-0.2, 0) is 12.3 Å². The number of aryl methyl sites for hydroxylation is 1. The van der Waals surface area contributed by atoms with Gasteiger partial charge < -0.3 is 10.6 Å². The molecule has 2 N–H and O–H groups in total. The van der Waals surface area contributed by atoms with Crippen LogP contribution in [0.3, 0.4) is 0 Å². The zero-order valence-electron chi connectivity index (χ0n) is 22.5. The largest absolute Gasteiger partial charge is 0.331 e. The molecule has 1 aromatic heterocycles. The molecule has 0 radical (unpaired) electrons. The van der Waals surface area contributed by atoms with E-state index in [-0.39, 0.29) is 24.4 Å². The molecule has 2 amide bonds. The fourth-order valence-corrected chi connectivity index (χ4v) is 5.39. The van der Waals surface area contributed by atoms with E-state index in [9.17, 15) is 4.79 Å². The number of amides is 2. The Kier molecular flexibility index (Phi) is 9.13. The number of aromatic nitrogens is 3. The molecule has 0 saturated heterocycles. The van der Waals surface area contributed by atoms with E-state index in [2.05, 4.69) is 78.9 Å². The molecule has 4 rings (SSSR count). The van der Waals surface area contributed by atoms with Crippen LogP contribution in [0.2, 0.25) is 5.02 Å².